The molecule has 0 heteroatoms. The van der Waals surface area contributed by atoms with Crippen LogP contribution < -0.4 is 0 Å². The van der Waals surface area contributed by atoms with Crippen molar-refractivity contribution in [3.63, 3.8) is 0 Å². The number of hydrogen-bond donors (Lipinski definition) is 0. The van der Waals surface area contributed by atoms with Crippen molar-refractivity contribution in [1.29, 1.82) is 0 Å². The van der Waals surface area contributed by atoms with Gasteiger partial charge < -0.3 is 0 Å². The van der Waals surface area contributed by atoms with E-state index in [-0.39, 0.29) is 0 Å². The van der Waals surface area contributed by atoms with Crippen LogP contribution in [0.5, 0.6) is 0 Å². The maximum absolute atomic E-state index is 2.49. The first-order valence-corrected chi connectivity index (χ1v) is 15.8. The highest BCUT2D eigenvalue weighted by Gasteiger charge is 2.02. The molecule has 0 bridgehead atoms. The quantitative estimate of drug-likeness (QED) is 0.104. The van der Waals surface area contributed by atoms with Crippen molar-refractivity contribution < 1.29 is 0 Å². The van der Waals surface area contributed by atoms with Crippen molar-refractivity contribution in [3.8, 4) is 0 Å². The van der Waals surface area contributed by atoms with Gasteiger partial charge in [-0.1, -0.05) is 201 Å². The van der Waals surface area contributed by atoms with Gasteiger partial charge in [0, 0.05) is 0 Å². The second kappa shape index (κ2) is 29.0. The molecule has 0 nitrogen and oxygen atoms in total. The van der Waals surface area contributed by atoms with Gasteiger partial charge in [0.05, 0.1) is 0 Å². The first-order valence-electron chi connectivity index (χ1n) is 15.8. The van der Waals surface area contributed by atoms with Gasteiger partial charge in [0.1, 0.15) is 0 Å². The Labute approximate surface area is 206 Å². The van der Waals surface area contributed by atoms with Gasteiger partial charge in [-0.15, -0.1) is 0 Å². The van der Waals surface area contributed by atoms with Crippen molar-refractivity contribution in [1.82, 2.24) is 0 Å². The van der Waals surface area contributed by atoms with Crippen molar-refractivity contribution in [3.05, 3.63) is 0 Å². The Hall–Kier alpha value is 0. The summed E-state index contributed by atoms with van der Waals surface area (Å²) in [5.74, 6) is 0.969. The topological polar surface area (TPSA) is 0 Å². The third kappa shape index (κ3) is 28.0. The SMILES string of the molecule is CCCCCCCCCCCCCCCCCCCCCCC(C)CCCCCCCC. The Morgan fingerprint density at radius 2 is 0.469 bits per heavy atom. The molecule has 0 aliphatic rings. The van der Waals surface area contributed by atoms with E-state index in [1.54, 1.807) is 0 Å². The standard InChI is InChI=1S/C32H66/c1-4-6-8-10-12-13-14-15-16-17-18-19-20-21-22-23-24-25-27-29-31-32(3)30-28-26-11-9-7-5-2/h32H,4-31H2,1-3H3. The Balaban J connectivity index is 3.09. The lowest BCUT2D eigenvalue weighted by Gasteiger charge is -2.11. The van der Waals surface area contributed by atoms with E-state index in [2.05, 4.69) is 20.8 Å². The summed E-state index contributed by atoms with van der Waals surface area (Å²) >= 11 is 0. The van der Waals surface area contributed by atoms with Gasteiger partial charge in [0.15, 0.2) is 0 Å². The average Bonchev–Trinajstić information content (AvgIpc) is 2.80. The minimum atomic E-state index is 0.969. The molecule has 0 heterocycles. The smallest absolute Gasteiger partial charge is 0.0443 e. The predicted molar refractivity (Wildman–Crippen MR) is 150 cm³/mol. The molecular formula is C32H66. The molecule has 0 fully saturated rings. The highest BCUT2D eigenvalue weighted by atomic mass is 14.1. The van der Waals surface area contributed by atoms with E-state index in [4.69, 9.17) is 0 Å². The zero-order valence-corrected chi connectivity index (χ0v) is 23.4. The lowest BCUT2D eigenvalue weighted by molar-refractivity contribution is 0.430. The minimum absolute atomic E-state index is 0.969. The zero-order chi connectivity index (χ0) is 23.4. The molecule has 0 spiro atoms. The van der Waals surface area contributed by atoms with E-state index in [0.29, 0.717) is 0 Å². The van der Waals surface area contributed by atoms with Crippen LogP contribution >= 0.6 is 0 Å². The molecular weight excluding hydrogens is 384 g/mol. The number of unbranched alkanes of at least 4 members (excludes halogenated alkanes) is 24. The molecule has 1 atom stereocenters. The first-order chi connectivity index (χ1) is 15.8. The first kappa shape index (κ1) is 32.0. The zero-order valence-electron chi connectivity index (χ0n) is 23.4. The van der Waals surface area contributed by atoms with E-state index in [1.165, 1.54) is 180 Å². The van der Waals surface area contributed by atoms with Crippen LogP contribution in [-0.2, 0) is 0 Å². The average molecular weight is 451 g/mol. The Morgan fingerprint density at radius 3 is 0.688 bits per heavy atom. The molecule has 0 aromatic rings. The van der Waals surface area contributed by atoms with Crippen LogP contribution in [0.3, 0.4) is 0 Å². The molecule has 0 saturated heterocycles. The van der Waals surface area contributed by atoms with Crippen molar-refractivity contribution in [2.75, 3.05) is 0 Å². The van der Waals surface area contributed by atoms with E-state index in [1.807, 2.05) is 0 Å². The molecule has 0 saturated carbocycles. The highest BCUT2D eigenvalue weighted by molar-refractivity contribution is 4.56. The van der Waals surface area contributed by atoms with E-state index in [0.717, 1.165) is 5.92 Å². The normalized spacial score (nSPS) is 12.5. The minimum Gasteiger partial charge on any atom is -0.0654 e. The van der Waals surface area contributed by atoms with Gasteiger partial charge in [-0.2, -0.15) is 0 Å². The molecule has 1 unspecified atom stereocenters. The molecule has 0 aliphatic heterocycles. The Morgan fingerprint density at radius 1 is 0.281 bits per heavy atom. The Kier molecular flexibility index (Phi) is 29.0. The van der Waals surface area contributed by atoms with Crippen LogP contribution in [0.15, 0.2) is 0 Å². The molecule has 32 heavy (non-hydrogen) atoms. The Bertz CT molecular complexity index is 307. The third-order valence-electron chi connectivity index (χ3n) is 7.60. The van der Waals surface area contributed by atoms with Crippen LogP contribution in [0.1, 0.15) is 201 Å². The second-order valence-corrected chi connectivity index (χ2v) is 11.2. The fourth-order valence-electron chi connectivity index (χ4n) is 5.17. The number of rotatable bonds is 28. The van der Waals surface area contributed by atoms with E-state index < -0.39 is 0 Å². The van der Waals surface area contributed by atoms with Gasteiger partial charge in [-0.3, -0.25) is 0 Å². The fraction of sp³-hybridized carbons (Fsp3) is 1.00. The highest BCUT2D eigenvalue weighted by Crippen LogP contribution is 2.19. The van der Waals surface area contributed by atoms with Crippen LogP contribution in [0.25, 0.3) is 0 Å². The molecule has 0 amide bonds. The fourth-order valence-corrected chi connectivity index (χ4v) is 5.17. The summed E-state index contributed by atoms with van der Waals surface area (Å²) in [6.45, 7) is 7.10. The summed E-state index contributed by atoms with van der Waals surface area (Å²) in [7, 11) is 0. The number of hydrogen-bond acceptors (Lipinski definition) is 0. The van der Waals surface area contributed by atoms with Gasteiger partial charge >= 0.3 is 0 Å². The third-order valence-corrected chi connectivity index (χ3v) is 7.60. The lowest BCUT2D eigenvalue weighted by Crippen LogP contribution is -1.95. The molecule has 0 radical (unpaired) electrons. The largest absolute Gasteiger partial charge is 0.0654 e. The maximum Gasteiger partial charge on any atom is -0.0443 e. The van der Waals surface area contributed by atoms with E-state index >= 15 is 0 Å². The van der Waals surface area contributed by atoms with E-state index in [9.17, 15) is 0 Å². The van der Waals surface area contributed by atoms with Gasteiger partial charge in [0.25, 0.3) is 0 Å². The van der Waals surface area contributed by atoms with Crippen LogP contribution in [0.2, 0.25) is 0 Å². The van der Waals surface area contributed by atoms with Crippen molar-refractivity contribution in [2.24, 2.45) is 5.92 Å². The summed E-state index contributed by atoms with van der Waals surface area (Å²) in [5, 5.41) is 0. The molecule has 194 valence electrons. The van der Waals surface area contributed by atoms with Gasteiger partial charge in [-0.25, -0.2) is 0 Å². The lowest BCUT2D eigenvalue weighted by atomic mass is 9.96. The van der Waals surface area contributed by atoms with Crippen LogP contribution in [0.4, 0.5) is 0 Å². The summed E-state index contributed by atoms with van der Waals surface area (Å²) in [6, 6.07) is 0. The summed E-state index contributed by atoms with van der Waals surface area (Å²) in [4.78, 5) is 0. The van der Waals surface area contributed by atoms with Crippen LogP contribution in [0, 0.1) is 5.92 Å². The van der Waals surface area contributed by atoms with Gasteiger partial charge in [0.2, 0.25) is 0 Å². The maximum atomic E-state index is 2.49. The van der Waals surface area contributed by atoms with Crippen molar-refractivity contribution in [2.45, 2.75) is 201 Å². The molecule has 0 aromatic carbocycles. The summed E-state index contributed by atoms with van der Waals surface area (Å²) < 4.78 is 0. The molecule has 0 aromatic heterocycles. The predicted octanol–water partition coefficient (Wildman–Crippen LogP) is 12.6. The molecule has 0 aliphatic carbocycles. The summed E-state index contributed by atoms with van der Waals surface area (Å²) in [5.41, 5.74) is 0. The summed E-state index contributed by atoms with van der Waals surface area (Å²) in [6.07, 6.45) is 41.3. The van der Waals surface area contributed by atoms with Crippen LogP contribution in [-0.4, -0.2) is 0 Å². The van der Waals surface area contributed by atoms with Crippen molar-refractivity contribution >= 4 is 0 Å². The monoisotopic (exact) mass is 451 g/mol. The molecule has 0 N–H and O–H groups in total. The molecule has 0 rings (SSSR count). The van der Waals surface area contributed by atoms with Gasteiger partial charge in [-0.05, 0) is 5.92 Å². The second-order valence-electron chi connectivity index (χ2n) is 11.2.